The molecule has 1 spiro atoms. The van der Waals surface area contributed by atoms with Gasteiger partial charge in [-0.05, 0) is 73.1 Å². The number of fused-ring (bicyclic) bond motifs is 1. The molecule has 4 aliphatic heterocycles. The molecule has 8 nitrogen and oxygen atoms in total. The van der Waals surface area contributed by atoms with E-state index in [1.165, 1.54) is 38.2 Å². The summed E-state index contributed by atoms with van der Waals surface area (Å²) >= 11 is 0. The van der Waals surface area contributed by atoms with Crippen LogP contribution < -0.4 is 4.90 Å². The Morgan fingerprint density at radius 1 is 1.14 bits per heavy atom. The maximum atomic E-state index is 12.4. The molecule has 0 N–H and O–H groups in total. The molecule has 5 aliphatic rings. The van der Waals surface area contributed by atoms with E-state index < -0.39 is 5.60 Å². The molecule has 1 saturated carbocycles. The lowest BCUT2D eigenvalue weighted by Crippen LogP contribution is -2.64. The number of hydrogen-bond acceptors (Lipinski definition) is 6. The smallest absolute Gasteiger partial charge is 0.410 e. The standard InChI is InChI=1S/C29H47N5O3/c1-20-9-25(30-34(20)24-11-29(12-24)18-32(19-29)26(35)37-27(2,3)4)33-8-7-21(10-28(33,5)6)13-31-14-22-16-36-17-23(22)15-31/h9,21-24H,7-8,10-19H2,1-6H3. The predicted octanol–water partition coefficient (Wildman–Crippen LogP) is 4.34. The van der Waals surface area contributed by atoms with E-state index in [2.05, 4.69) is 41.3 Å². The van der Waals surface area contributed by atoms with Gasteiger partial charge in [0.2, 0.25) is 0 Å². The van der Waals surface area contributed by atoms with Gasteiger partial charge in [-0.2, -0.15) is 5.10 Å². The first kappa shape index (κ1) is 25.5. The molecule has 206 valence electrons. The van der Waals surface area contributed by atoms with Gasteiger partial charge in [-0.25, -0.2) is 4.79 Å². The van der Waals surface area contributed by atoms with Gasteiger partial charge in [0.25, 0.3) is 0 Å². The summed E-state index contributed by atoms with van der Waals surface area (Å²) in [5.41, 5.74) is 1.19. The molecule has 1 aliphatic carbocycles. The van der Waals surface area contributed by atoms with Crippen LogP contribution >= 0.6 is 0 Å². The second kappa shape index (κ2) is 8.87. The molecule has 4 saturated heterocycles. The molecule has 1 amide bonds. The maximum Gasteiger partial charge on any atom is 0.410 e. The zero-order chi connectivity index (χ0) is 26.2. The van der Waals surface area contributed by atoms with Crippen molar-refractivity contribution in [3.05, 3.63) is 11.8 Å². The minimum Gasteiger partial charge on any atom is -0.444 e. The maximum absolute atomic E-state index is 12.4. The number of rotatable bonds is 4. The number of nitrogens with zero attached hydrogens (tertiary/aromatic N) is 5. The first-order chi connectivity index (χ1) is 17.4. The number of aromatic nitrogens is 2. The summed E-state index contributed by atoms with van der Waals surface area (Å²) < 4.78 is 13.5. The quantitative estimate of drug-likeness (QED) is 0.597. The van der Waals surface area contributed by atoms with Crippen LogP contribution in [0.25, 0.3) is 0 Å². The van der Waals surface area contributed by atoms with Gasteiger partial charge in [-0.3, -0.25) is 4.68 Å². The molecule has 6 rings (SSSR count). The topological polar surface area (TPSA) is 63.1 Å². The molecule has 37 heavy (non-hydrogen) atoms. The highest BCUT2D eigenvalue weighted by molar-refractivity contribution is 5.69. The van der Waals surface area contributed by atoms with E-state index in [1.54, 1.807) is 0 Å². The Hall–Kier alpha value is -1.80. The molecule has 0 bridgehead atoms. The van der Waals surface area contributed by atoms with Crippen molar-refractivity contribution in [3.8, 4) is 0 Å². The number of hydrogen-bond donors (Lipinski definition) is 0. The number of ether oxygens (including phenoxy) is 2. The van der Waals surface area contributed by atoms with Crippen LogP contribution in [0.1, 0.15) is 72.0 Å². The average Bonchev–Trinajstić information content (AvgIpc) is 3.39. The van der Waals surface area contributed by atoms with Crippen molar-refractivity contribution in [3.63, 3.8) is 0 Å². The monoisotopic (exact) mass is 513 g/mol. The van der Waals surface area contributed by atoms with Crippen molar-refractivity contribution in [2.75, 3.05) is 57.4 Å². The van der Waals surface area contributed by atoms with Gasteiger partial charge < -0.3 is 24.2 Å². The van der Waals surface area contributed by atoms with Crippen molar-refractivity contribution < 1.29 is 14.3 Å². The van der Waals surface area contributed by atoms with Crippen molar-refractivity contribution in [2.45, 2.75) is 84.4 Å². The Morgan fingerprint density at radius 3 is 2.43 bits per heavy atom. The average molecular weight is 514 g/mol. The van der Waals surface area contributed by atoms with Gasteiger partial charge in [-0.1, -0.05) is 0 Å². The van der Waals surface area contributed by atoms with E-state index >= 15 is 0 Å². The van der Waals surface area contributed by atoms with E-state index in [9.17, 15) is 4.79 Å². The molecule has 0 aromatic carbocycles. The highest BCUT2D eigenvalue weighted by atomic mass is 16.6. The summed E-state index contributed by atoms with van der Waals surface area (Å²) in [5, 5.41) is 5.16. The minimum atomic E-state index is -0.435. The first-order valence-corrected chi connectivity index (χ1v) is 14.5. The number of amides is 1. The van der Waals surface area contributed by atoms with Gasteiger partial charge in [0.15, 0.2) is 5.82 Å². The van der Waals surface area contributed by atoms with Crippen LogP contribution in [0.4, 0.5) is 10.6 Å². The highest BCUT2D eigenvalue weighted by Crippen LogP contribution is 2.54. The summed E-state index contributed by atoms with van der Waals surface area (Å²) in [6.45, 7) is 21.1. The lowest BCUT2D eigenvalue weighted by Gasteiger charge is -2.58. The Balaban J connectivity index is 1.02. The third kappa shape index (κ3) is 4.88. The molecule has 1 aromatic rings. The van der Waals surface area contributed by atoms with Crippen LogP contribution in [-0.4, -0.2) is 89.3 Å². The molecule has 5 fully saturated rings. The summed E-state index contributed by atoms with van der Waals surface area (Å²) in [5.74, 6) is 3.43. The van der Waals surface area contributed by atoms with E-state index in [1.807, 2.05) is 25.7 Å². The van der Waals surface area contributed by atoms with Crippen molar-refractivity contribution in [1.29, 1.82) is 0 Å². The van der Waals surface area contributed by atoms with E-state index in [0.717, 1.165) is 69.3 Å². The Kier molecular flexibility index (Phi) is 6.11. The third-order valence-electron chi connectivity index (χ3n) is 9.69. The van der Waals surface area contributed by atoms with Crippen LogP contribution in [0, 0.1) is 30.1 Å². The van der Waals surface area contributed by atoms with Gasteiger partial charge >= 0.3 is 6.09 Å². The Bertz CT molecular complexity index is 1000. The normalized spacial score (nSPS) is 31.4. The van der Waals surface area contributed by atoms with E-state index in [4.69, 9.17) is 14.6 Å². The van der Waals surface area contributed by atoms with E-state index in [0.29, 0.717) is 6.04 Å². The number of aryl methyl sites for hydroxylation is 1. The SMILES string of the molecule is Cc1cc(N2CCC(CN3CC4COCC4C3)CC2(C)C)nn1C1CC2(C1)CN(C(=O)OC(C)(C)C)C2. The predicted molar refractivity (Wildman–Crippen MR) is 144 cm³/mol. The largest absolute Gasteiger partial charge is 0.444 e. The van der Waals surface area contributed by atoms with Crippen LogP contribution in [0.15, 0.2) is 6.07 Å². The Morgan fingerprint density at radius 2 is 1.81 bits per heavy atom. The van der Waals surface area contributed by atoms with E-state index in [-0.39, 0.29) is 17.0 Å². The summed E-state index contributed by atoms with van der Waals surface area (Å²) in [4.78, 5) is 19.5. The lowest BCUT2D eigenvalue weighted by molar-refractivity contribution is -0.0930. The van der Waals surface area contributed by atoms with Gasteiger partial charge in [0, 0.05) is 73.8 Å². The second-order valence-corrected chi connectivity index (χ2v) is 14.6. The Labute approximate surface area is 222 Å². The highest BCUT2D eigenvalue weighted by Gasteiger charge is 2.55. The minimum absolute atomic E-state index is 0.107. The molecule has 3 atom stereocenters. The van der Waals surface area contributed by atoms with Crippen molar-refractivity contribution in [2.24, 2.45) is 23.2 Å². The lowest BCUT2D eigenvalue weighted by atomic mass is 9.61. The molecule has 3 unspecified atom stereocenters. The summed E-state index contributed by atoms with van der Waals surface area (Å²) in [6, 6.07) is 2.73. The zero-order valence-corrected chi connectivity index (χ0v) is 23.8. The number of carbonyl (C=O) groups is 1. The molecule has 8 heteroatoms. The van der Waals surface area contributed by atoms with Gasteiger partial charge in [0.05, 0.1) is 19.3 Å². The summed E-state index contributed by atoms with van der Waals surface area (Å²) in [7, 11) is 0. The number of piperidine rings is 1. The van der Waals surface area contributed by atoms with Crippen LogP contribution in [0.3, 0.4) is 0 Å². The van der Waals surface area contributed by atoms with Crippen molar-refractivity contribution >= 4 is 11.9 Å². The van der Waals surface area contributed by atoms with Crippen LogP contribution in [0.5, 0.6) is 0 Å². The first-order valence-electron chi connectivity index (χ1n) is 14.5. The van der Waals surface area contributed by atoms with Crippen LogP contribution in [0.2, 0.25) is 0 Å². The fourth-order valence-electron chi connectivity index (χ4n) is 7.97. The number of carbonyl (C=O) groups excluding carboxylic acids is 1. The molecule has 5 heterocycles. The molecular formula is C29H47N5O3. The zero-order valence-electron chi connectivity index (χ0n) is 23.8. The fraction of sp³-hybridized carbons (Fsp3) is 0.862. The van der Waals surface area contributed by atoms with Gasteiger partial charge in [0.1, 0.15) is 5.60 Å². The molecular weight excluding hydrogens is 466 g/mol. The van der Waals surface area contributed by atoms with Crippen molar-refractivity contribution in [1.82, 2.24) is 19.6 Å². The number of anilines is 1. The number of likely N-dealkylation sites (tertiary alicyclic amines) is 2. The second-order valence-electron chi connectivity index (χ2n) is 14.6. The third-order valence-corrected chi connectivity index (χ3v) is 9.69. The molecule has 1 aromatic heterocycles. The summed E-state index contributed by atoms with van der Waals surface area (Å²) in [6.07, 6.45) is 4.48. The van der Waals surface area contributed by atoms with Crippen LogP contribution in [-0.2, 0) is 9.47 Å². The fourth-order valence-corrected chi connectivity index (χ4v) is 7.97. The molecule has 0 radical (unpaired) electrons. The van der Waals surface area contributed by atoms with Gasteiger partial charge in [-0.15, -0.1) is 0 Å².